The van der Waals surface area contributed by atoms with Crippen LogP contribution < -0.4 is 0 Å². The molecule has 7 aromatic carbocycles. The standard InChI is InChI=1S/C45H27N3O2/c1-3-11-28(12-4-1)32-25-26-35-40(27-32)50-38-19-9-16-33(41(35)38)29-21-23-31(24-22-29)44-46-43(30-13-5-2-6-14-30)47-45(48-44)36-17-10-20-39-42(36)34-15-7-8-18-37(34)49-39/h1-27H/i1D,2D,3D,4D,5D,6D,7D,8D,9D,10D,11D,12D,13D,14D,15D,16D,17D,18D,19D,20D,21D,22D,23D,24D,25D,26D,27D. The van der Waals surface area contributed by atoms with E-state index in [-0.39, 0.29) is 0 Å². The van der Waals surface area contributed by atoms with Gasteiger partial charge in [0, 0.05) is 38.2 Å². The maximum atomic E-state index is 9.45. The van der Waals surface area contributed by atoms with E-state index in [0.29, 0.717) is 0 Å². The average molecular weight is 669 g/mol. The zero-order chi connectivity index (χ0) is 56.5. The zero-order valence-corrected chi connectivity index (χ0v) is 24.7. The van der Waals surface area contributed by atoms with E-state index in [4.69, 9.17) is 39.0 Å². The van der Waals surface area contributed by atoms with Crippen LogP contribution in [0.3, 0.4) is 0 Å². The fraction of sp³-hybridized carbons (Fsp3) is 0. The summed E-state index contributed by atoms with van der Waals surface area (Å²) in [6, 6.07) is -23.5. The molecule has 0 N–H and O–H groups in total. The molecule has 0 aliphatic rings. The van der Waals surface area contributed by atoms with Crippen molar-refractivity contribution in [2.75, 3.05) is 0 Å². The quantitative estimate of drug-likeness (QED) is 0.183. The largest absolute Gasteiger partial charge is 0.456 e. The first kappa shape index (κ1) is 12.2. The molecule has 0 atom stereocenters. The van der Waals surface area contributed by atoms with Crippen LogP contribution in [0.4, 0.5) is 0 Å². The highest BCUT2D eigenvalue weighted by atomic mass is 16.3. The minimum absolute atomic E-state index is 0.420. The van der Waals surface area contributed by atoms with Crippen molar-refractivity contribution in [1.29, 1.82) is 0 Å². The van der Waals surface area contributed by atoms with Crippen LogP contribution in [0.5, 0.6) is 0 Å². The van der Waals surface area contributed by atoms with Crippen LogP contribution in [0.25, 0.3) is 100 Å². The van der Waals surface area contributed by atoms with E-state index in [0.717, 1.165) is 0 Å². The summed E-state index contributed by atoms with van der Waals surface area (Å²) >= 11 is 0. The minimum atomic E-state index is -1.05. The van der Waals surface area contributed by atoms with E-state index in [1.807, 2.05) is 0 Å². The highest BCUT2D eigenvalue weighted by molar-refractivity contribution is 6.13. The fourth-order valence-electron chi connectivity index (χ4n) is 5.29. The lowest BCUT2D eigenvalue weighted by atomic mass is 9.97. The molecule has 0 unspecified atom stereocenters. The Morgan fingerprint density at radius 3 is 1.58 bits per heavy atom. The maximum absolute atomic E-state index is 9.45. The third kappa shape index (κ3) is 4.67. The molecule has 3 aromatic heterocycles. The number of aromatic nitrogens is 3. The van der Waals surface area contributed by atoms with Gasteiger partial charge in [-0.15, -0.1) is 0 Å². The first-order valence-corrected chi connectivity index (χ1v) is 14.4. The second-order valence-corrected chi connectivity index (χ2v) is 10.3. The monoisotopic (exact) mass is 668 g/mol. The Balaban J connectivity index is 1.31. The van der Waals surface area contributed by atoms with Crippen LogP contribution >= 0.6 is 0 Å². The molecule has 0 amide bonds. The van der Waals surface area contributed by atoms with Crippen LogP contribution in [0.1, 0.15) is 37.0 Å². The summed E-state index contributed by atoms with van der Waals surface area (Å²) in [5.74, 6) is -2.48. The number of hydrogen-bond donors (Lipinski definition) is 0. The molecule has 0 fully saturated rings. The molecule has 10 rings (SSSR count). The van der Waals surface area contributed by atoms with E-state index >= 15 is 0 Å². The van der Waals surface area contributed by atoms with Crippen molar-refractivity contribution >= 4 is 43.9 Å². The molecule has 5 heteroatoms. The van der Waals surface area contributed by atoms with Crippen LogP contribution in [0, 0.1) is 0 Å². The summed E-state index contributed by atoms with van der Waals surface area (Å²) in [5.41, 5.74) is -7.32. The predicted octanol–water partition coefficient (Wildman–Crippen LogP) is 12.0. The van der Waals surface area contributed by atoms with Gasteiger partial charge in [-0.3, -0.25) is 0 Å². The molecular weight excluding hydrogens is 615 g/mol. The number of nitrogens with zero attached hydrogens (tertiary/aromatic N) is 3. The zero-order valence-electron chi connectivity index (χ0n) is 51.7. The Kier molecular flexibility index (Phi) is 2.79. The lowest BCUT2D eigenvalue weighted by Crippen LogP contribution is -2.00. The van der Waals surface area contributed by atoms with Crippen LogP contribution in [0.15, 0.2) is 172 Å². The topological polar surface area (TPSA) is 65.0 Å². The van der Waals surface area contributed by atoms with E-state index < -0.39 is 263 Å². The molecule has 50 heavy (non-hydrogen) atoms. The molecule has 0 aliphatic heterocycles. The van der Waals surface area contributed by atoms with Crippen LogP contribution in [-0.4, -0.2) is 15.0 Å². The van der Waals surface area contributed by atoms with Gasteiger partial charge in [-0.25, -0.2) is 15.0 Å². The first-order valence-electron chi connectivity index (χ1n) is 27.9. The molecule has 0 saturated heterocycles. The van der Waals surface area contributed by atoms with Gasteiger partial charge in [0.1, 0.15) is 22.3 Å². The molecule has 5 nitrogen and oxygen atoms in total. The molecule has 3 heterocycles. The van der Waals surface area contributed by atoms with Gasteiger partial charge in [-0.2, -0.15) is 0 Å². The molecular formula is C45H27N3O2. The number of benzene rings is 7. The Hall–Kier alpha value is -6.85. The molecule has 10 aromatic rings. The minimum Gasteiger partial charge on any atom is -0.456 e. The Labute approximate surface area is 325 Å². The van der Waals surface area contributed by atoms with Crippen molar-refractivity contribution < 1.29 is 45.8 Å². The lowest BCUT2D eigenvalue weighted by molar-refractivity contribution is 0.668. The Morgan fingerprint density at radius 2 is 0.840 bits per heavy atom. The first-order chi connectivity index (χ1) is 36.0. The highest BCUT2D eigenvalue weighted by Crippen LogP contribution is 2.40. The van der Waals surface area contributed by atoms with E-state index in [2.05, 4.69) is 15.0 Å². The number of hydrogen-bond acceptors (Lipinski definition) is 5. The van der Waals surface area contributed by atoms with Crippen LogP contribution in [-0.2, 0) is 0 Å². The molecule has 0 radical (unpaired) electrons. The van der Waals surface area contributed by atoms with Gasteiger partial charge >= 0.3 is 0 Å². The van der Waals surface area contributed by atoms with E-state index in [1.165, 1.54) is 0 Å². The third-order valence-electron chi connectivity index (χ3n) is 7.45. The van der Waals surface area contributed by atoms with Gasteiger partial charge in [0.25, 0.3) is 0 Å². The van der Waals surface area contributed by atoms with Crippen molar-refractivity contribution in [3.05, 3.63) is 163 Å². The molecule has 0 saturated carbocycles. The second-order valence-electron chi connectivity index (χ2n) is 10.3. The van der Waals surface area contributed by atoms with Gasteiger partial charge in [0.05, 0.1) is 37.0 Å². The number of furan rings is 2. The predicted molar refractivity (Wildman–Crippen MR) is 202 cm³/mol. The molecule has 234 valence electrons. The van der Waals surface area contributed by atoms with Gasteiger partial charge in [0.15, 0.2) is 17.5 Å². The number of rotatable bonds is 5. The average Bonchev–Trinajstić information content (AvgIpc) is 4.02. The fourth-order valence-corrected chi connectivity index (χ4v) is 5.29. The molecule has 0 aliphatic carbocycles. The van der Waals surface area contributed by atoms with Crippen LogP contribution in [0.2, 0.25) is 0 Å². The summed E-state index contributed by atoms with van der Waals surface area (Å²) in [6.07, 6.45) is 0. The molecule has 0 spiro atoms. The van der Waals surface area contributed by atoms with Crippen molar-refractivity contribution in [2.45, 2.75) is 0 Å². The van der Waals surface area contributed by atoms with Gasteiger partial charge in [0.2, 0.25) is 0 Å². The summed E-state index contributed by atoms with van der Waals surface area (Å²) in [5, 5.41) is -1.90. The van der Waals surface area contributed by atoms with E-state index in [1.54, 1.807) is 0 Å². The summed E-state index contributed by atoms with van der Waals surface area (Å²) in [4.78, 5) is 13.0. The van der Waals surface area contributed by atoms with Crippen molar-refractivity contribution in [3.8, 4) is 56.4 Å². The van der Waals surface area contributed by atoms with Crippen molar-refractivity contribution in [2.24, 2.45) is 0 Å². The highest BCUT2D eigenvalue weighted by Gasteiger charge is 2.18. The van der Waals surface area contributed by atoms with Gasteiger partial charge in [-0.1, -0.05) is 133 Å². The Bertz CT molecular complexity index is 4350. The maximum Gasteiger partial charge on any atom is 0.164 e. The molecule has 0 bridgehead atoms. The normalized spacial score (nSPS) is 19.2. The third-order valence-corrected chi connectivity index (χ3v) is 7.45. The van der Waals surface area contributed by atoms with Gasteiger partial charge < -0.3 is 8.83 Å². The summed E-state index contributed by atoms with van der Waals surface area (Å²) < 4.78 is 248. The Morgan fingerprint density at radius 1 is 0.340 bits per heavy atom. The number of para-hydroxylation sites is 1. The van der Waals surface area contributed by atoms with E-state index in [9.17, 15) is 6.85 Å². The SMILES string of the molecule is [2H]c1c([2H])c([2H])c(-c2nc(-c3c([2H])c([2H])c(-c4c([2H])c([2H])c([2H])c5oc6c([2H])c(-c7c([2H])c([2H])c([2H])c([2H])c7[2H])c([2H])c([2H])c6c45)c([2H])c3[2H])nc(-c3c([2H])c([2H])c([2H])c4oc5c([2H])c([2H])c([2H])c([2H])c5c34)n2)c([2H])c1[2H]. The van der Waals surface area contributed by atoms with Crippen molar-refractivity contribution in [3.63, 3.8) is 0 Å². The second kappa shape index (κ2) is 11.4. The van der Waals surface area contributed by atoms with Gasteiger partial charge in [-0.05, 0) is 52.5 Å². The van der Waals surface area contributed by atoms with Crippen molar-refractivity contribution in [1.82, 2.24) is 15.0 Å². The summed E-state index contributed by atoms with van der Waals surface area (Å²) in [6.45, 7) is 0. The summed E-state index contributed by atoms with van der Waals surface area (Å²) in [7, 11) is 0. The smallest absolute Gasteiger partial charge is 0.164 e. The number of fused-ring (bicyclic) bond motifs is 6. The lowest BCUT2D eigenvalue weighted by Gasteiger charge is -2.10.